The van der Waals surface area contributed by atoms with Crippen LogP contribution in [0.2, 0.25) is 0 Å². The quantitative estimate of drug-likeness (QED) is 0.809. The SMILES string of the molecule is Cc1cccc(C)c1C(CN)C(F)(F)F. The van der Waals surface area contributed by atoms with Crippen LogP contribution in [0.3, 0.4) is 0 Å². The minimum atomic E-state index is -4.27. The van der Waals surface area contributed by atoms with Gasteiger partial charge >= 0.3 is 6.18 Å². The summed E-state index contributed by atoms with van der Waals surface area (Å²) in [5.41, 5.74) is 6.80. The fraction of sp³-hybridized carbons (Fsp3) is 0.455. The van der Waals surface area contributed by atoms with Crippen molar-refractivity contribution >= 4 is 0 Å². The van der Waals surface area contributed by atoms with Crippen LogP contribution in [0, 0.1) is 13.8 Å². The third-order valence-corrected chi connectivity index (χ3v) is 2.52. The van der Waals surface area contributed by atoms with Gasteiger partial charge in [-0.3, -0.25) is 0 Å². The van der Waals surface area contributed by atoms with E-state index < -0.39 is 18.6 Å². The maximum absolute atomic E-state index is 12.7. The predicted octanol–water partition coefficient (Wildman–Crippen LogP) is 2.91. The highest BCUT2D eigenvalue weighted by atomic mass is 19.4. The van der Waals surface area contributed by atoms with E-state index in [4.69, 9.17) is 5.73 Å². The molecular weight excluding hydrogens is 203 g/mol. The molecule has 0 saturated heterocycles. The Balaban J connectivity index is 3.24. The summed E-state index contributed by atoms with van der Waals surface area (Å²) in [4.78, 5) is 0. The van der Waals surface area contributed by atoms with E-state index in [1.54, 1.807) is 32.0 Å². The van der Waals surface area contributed by atoms with Gasteiger partial charge in [-0.05, 0) is 30.5 Å². The van der Waals surface area contributed by atoms with Gasteiger partial charge in [0.1, 0.15) is 0 Å². The minimum Gasteiger partial charge on any atom is -0.330 e. The number of nitrogens with two attached hydrogens (primary N) is 1. The first-order valence-corrected chi connectivity index (χ1v) is 4.70. The van der Waals surface area contributed by atoms with Crippen molar-refractivity contribution < 1.29 is 13.2 Å². The van der Waals surface area contributed by atoms with Crippen LogP contribution < -0.4 is 5.73 Å². The molecule has 0 radical (unpaired) electrons. The molecule has 0 heterocycles. The molecule has 84 valence electrons. The van der Waals surface area contributed by atoms with E-state index in [2.05, 4.69) is 0 Å². The Labute approximate surface area is 87.1 Å². The summed E-state index contributed by atoms with van der Waals surface area (Å²) in [5.74, 6) is -1.56. The molecule has 0 bridgehead atoms. The van der Waals surface area contributed by atoms with Gasteiger partial charge in [-0.1, -0.05) is 18.2 Å². The molecule has 2 N–H and O–H groups in total. The van der Waals surface area contributed by atoms with Gasteiger partial charge in [0.15, 0.2) is 0 Å². The van der Waals surface area contributed by atoms with Crippen LogP contribution >= 0.6 is 0 Å². The van der Waals surface area contributed by atoms with Crippen LogP contribution in [-0.2, 0) is 0 Å². The topological polar surface area (TPSA) is 26.0 Å². The zero-order valence-electron chi connectivity index (χ0n) is 8.73. The molecule has 0 spiro atoms. The Bertz CT molecular complexity index is 324. The van der Waals surface area contributed by atoms with Gasteiger partial charge in [0.05, 0.1) is 5.92 Å². The Morgan fingerprint density at radius 1 is 1.20 bits per heavy atom. The molecule has 15 heavy (non-hydrogen) atoms. The average molecular weight is 217 g/mol. The largest absolute Gasteiger partial charge is 0.396 e. The van der Waals surface area contributed by atoms with Gasteiger partial charge in [-0.15, -0.1) is 0 Å². The van der Waals surface area contributed by atoms with Crippen LogP contribution in [0.1, 0.15) is 22.6 Å². The van der Waals surface area contributed by atoms with Crippen molar-refractivity contribution in [3.8, 4) is 0 Å². The van der Waals surface area contributed by atoms with Crippen LogP contribution in [0.25, 0.3) is 0 Å². The second-order valence-corrected chi connectivity index (χ2v) is 3.64. The Morgan fingerprint density at radius 3 is 2.00 bits per heavy atom. The van der Waals surface area contributed by atoms with E-state index in [9.17, 15) is 13.2 Å². The first-order chi connectivity index (χ1) is 6.88. The second-order valence-electron chi connectivity index (χ2n) is 3.64. The molecule has 1 unspecified atom stereocenters. The summed E-state index contributed by atoms with van der Waals surface area (Å²) in [6, 6.07) is 5.10. The Kier molecular flexibility index (Phi) is 3.39. The van der Waals surface area contributed by atoms with Gasteiger partial charge < -0.3 is 5.73 Å². The fourth-order valence-corrected chi connectivity index (χ4v) is 1.79. The van der Waals surface area contributed by atoms with E-state index in [1.165, 1.54) is 0 Å². The number of aryl methyl sites for hydroxylation is 2. The molecule has 1 nitrogen and oxygen atoms in total. The molecular formula is C11H14F3N. The number of benzene rings is 1. The Morgan fingerprint density at radius 2 is 1.67 bits per heavy atom. The lowest BCUT2D eigenvalue weighted by atomic mass is 9.90. The van der Waals surface area contributed by atoms with E-state index in [0.717, 1.165) is 0 Å². The summed E-state index contributed by atoms with van der Waals surface area (Å²) in [6.07, 6.45) is -4.27. The molecule has 0 saturated carbocycles. The van der Waals surface area contributed by atoms with Crippen molar-refractivity contribution in [2.45, 2.75) is 25.9 Å². The van der Waals surface area contributed by atoms with Crippen molar-refractivity contribution in [3.63, 3.8) is 0 Å². The molecule has 0 aromatic heterocycles. The smallest absolute Gasteiger partial charge is 0.330 e. The first-order valence-electron chi connectivity index (χ1n) is 4.70. The molecule has 0 aliphatic heterocycles. The van der Waals surface area contributed by atoms with Gasteiger partial charge in [-0.25, -0.2) is 0 Å². The number of halogens is 3. The summed E-state index contributed by atoms with van der Waals surface area (Å²) in [5, 5.41) is 0. The highest BCUT2D eigenvalue weighted by molar-refractivity contribution is 5.37. The second kappa shape index (κ2) is 4.23. The molecule has 0 fully saturated rings. The van der Waals surface area contributed by atoms with Crippen molar-refractivity contribution in [1.29, 1.82) is 0 Å². The van der Waals surface area contributed by atoms with Crippen LogP contribution in [-0.4, -0.2) is 12.7 Å². The summed E-state index contributed by atoms with van der Waals surface area (Å²) < 4.78 is 38.1. The van der Waals surface area contributed by atoms with Crippen molar-refractivity contribution in [2.75, 3.05) is 6.54 Å². The van der Waals surface area contributed by atoms with E-state index in [0.29, 0.717) is 16.7 Å². The molecule has 0 amide bonds. The predicted molar refractivity (Wildman–Crippen MR) is 53.8 cm³/mol. The molecule has 1 aromatic rings. The van der Waals surface area contributed by atoms with Gasteiger partial charge in [0.25, 0.3) is 0 Å². The zero-order valence-corrected chi connectivity index (χ0v) is 8.73. The van der Waals surface area contributed by atoms with Gasteiger partial charge in [0.2, 0.25) is 0 Å². The standard InChI is InChI=1S/C11H14F3N/c1-7-4-3-5-8(2)10(7)9(6-15)11(12,13)14/h3-5,9H,6,15H2,1-2H3. The number of rotatable bonds is 2. The summed E-state index contributed by atoms with van der Waals surface area (Å²) in [6.45, 7) is 2.95. The minimum absolute atomic E-state index is 0.313. The fourth-order valence-electron chi connectivity index (χ4n) is 1.79. The van der Waals surface area contributed by atoms with Crippen molar-refractivity contribution in [3.05, 3.63) is 34.9 Å². The summed E-state index contributed by atoms with van der Waals surface area (Å²) in [7, 11) is 0. The molecule has 0 aliphatic rings. The highest BCUT2D eigenvalue weighted by Gasteiger charge is 2.40. The molecule has 0 aliphatic carbocycles. The maximum Gasteiger partial charge on any atom is 0.396 e. The van der Waals surface area contributed by atoms with E-state index in [1.807, 2.05) is 0 Å². The molecule has 4 heteroatoms. The van der Waals surface area contributed by atoms with Crippen LogP contribution in [0.15, 0.2) is 18.2 Å². The lowest BCUT2D eigenvalue weighted by Gasteiger charge is -2.22. The molecule has 1 atom stereocenters. The molecule has 1 rings (SSSR count). The Hall–Kier alpha value is -1.03. The highest BCUT2D eigenvalue weighted by Crippen LogP contribution is 2.36. The first kappa shape index (κ1) is 12.0. The third kappa shape index (κ3) is 2.50. The maximum atomic E-state index is 12.7. The number of hydrogen-bond donors (Lipinski definition) is 1. The van der Waals surface area contributed by atoms with E-state index >= 15 is 0 Å². The molecule has 1 aromatic carbocycles. The average Bonchev–Trinajstić information content (AvgIpc) is 2.09. The zero-order chi connectivity index (χ0) is 11.6. The van der Waals surface area contributed by atoms with Gasteiger partial charge in [-0.2, -0.15) is 13.2 Å². The van der Waals surface area contributed by atoms with E-state index in [-0.39, 0.29) is 0 Å². The van der Waals surface area contributed by atoms with Crippen molar-refractivity contribution in [2.24, 2.45) is 5.73 Å². The normalized spacial score (nSPS) is 14.0. The number of hydrogen-bond acceptors (Lipinski definition) is 1. The van der Waals surface area contributed by atoms with Gasteiger partial charge in [0, 0.05) is 6.54 Å². The summed E-state index contributed by atoms with van der Waals surface area (Å²) >= 11 is 0. The van der Waals surface area contributed by atoms with Crippen LogP contribution in [0.5, 0.6) is 0 Å². The monoisotopic (exact) mass is 217 g/mol. The lowest BCUT2D eigenvalue weighted by molar-refractivity contribution is -0.148. The lowest BCUT2D eigenvalue weighted by Crippen LogP contribution is -2.29. The van der Waals surface area contributed by atoms with Crippen LogP contribution in [0.4, 0.5) is 13.2 Å². The third-order valence-electron chi connectivity index (χ3n) is 2.52. The van der Waals surface area contributed by atoms with Crippen molar-refractivity contribution in [1.82, 2.24) is 0 Å². The number of alkyl halides is 3.